The van der Waals surface area contributed by atoms with Crippen molar-refractivity contribution in [3.05, 3.63) is 11.6 Å². The molecular weight excluding hydrogens is 432 g/mol. The van der Waals surface area contributed by atoms with Crippen LogP contribution in [0.5, 0.6) is 0 Å². The van der Waals surface area contributed by atoms with Crippen LogP contribution in [0.4, 0.5) is 0 Å². The topological polar surface area (TPSA) is 85.2 Å². The quantitative estimate of drug-likeness (QED) is 0.264. The first-order valence-corrected chi connectivity index (χ1v) is 13.4. The Morgan fingerprint density at radius 2 is 1.79 bits per heavy atom. The maximum atomic E-state index is 12.5. The van der Waals surface area contributed by atoms with Gasteiger partial charge in [-0.25, -0.2) is 4.79 Å². The van der Waals surface area contributed by atoms with Crippen LogP contribution in [0.15, 0.2) is 11.6 Å². The minimum absolute atomic E-state index is 0.399. The summed E-state index contributed by atoms with van der Waals surface area (Å²) in [5.74, 6) is 2.79. The van der Waals surface area contributed by atoms with E-state index >= 15 is 0 Å². The molecule has 10 atom stereocenters. The summed E-state index contributed by atoms with van der Waals surface area (Å²) in [5, 5.41) is 19.5. The van der Waals surface area contributed by atoms with Crippen molar-refractivity contribution in [2.75, 3.05) is 6.61 Å². The van der Waals surface area contributed by atoms with E-state index in [4.69, 9.17) is 14.2 Å². The lowest BCUT2D eigenvalue weighted by atomic mass is 9.74. The SMILES string of the molecule is CC/C(C)=C/C(=O)OC(C)C(OC(C)C(O)CO)OC1(C)CCC2C(C3C(C)CCC31)C2(C)C. The van der Waals surface area contributed by atoms with Crippen LogP contribution < -0.4 is 0 Å². The Morgan fingerprint density at radius 3 is 2.41 bits per heavy atom. The average Bonchev–Trinajstić information content (AvgIpc) is 3.15. The molecule has 0 amide bonds. The summed E-state index contributed by atoms with van der Waals surface area (Å²) in [6.45, 7) is 16.4. The molecule has 10 unspecified atom stereocenters. The van der Waals surface area contributed by atoms with E-state index in [0.29, 0.717) is 23.2 Å². The summed E-state index contributed by atoms with van der Waals surface area (Å²) in [6, 6.07) is 0. The van der Waals surface area contributed by atoms with E-state index in [9.17, 15) is 15.0 Å². The Bertz CT molecular complexity index is 747. The molecule has 6 nitrogen and oxygen atoms in total. The fraction of sp³-hybridized carbons (Fsp3) is 0.893. The lowest BCUT2D eigenvalue weighted by Gasteiger charge is -2.43. The second kappa shape index (κ2) is 10.6. The van der Waals surface area contributed by atoms with Crippen LogP contribution >= 0.6 is 0 Å². The number of esters is 1. The van der Waals surface area contributed by atoms with E-state index in [1.807, 2.05) is 13.8 Å². The van der Waals surface area contributed by atoms with Gasteiger partial charge in [0.1, 0.15) is 6.10 Å². The molecule has 0 spiro atoms. The monoisotopic (exact) mass is 480 g/mol. The van der Waals surface area contributed by atoms with Crippen LogP contribution in [0.2, 0.25) is 0 Å². The zero-order chi connectivity index (χ0) is 25.4. The predicted molar refractivity (Wildman–Crippen MR) is 132 cm³/mol. The van der Waals surface area contributed by atoms with Gasteiger partial charge in [-0.05, 0) is 88.4 Å². The van der Waals surface area contributed by atoms with Crippen molar-refractivity contribution in [3.63, 3.8) is 0 Å². The molecule has 6 heteroatoms. The Morgan fingerprint density at radius 1 is 1.12 bits per heavy atom. The van der Waals surface area contributed by atoms with E-state index in [-0.39, 0.29) is 0 Å². The Kier molecular flexibility index (Phi) is 8.60. The molecule has 3 saturated carbocycles. The third-order valence-corrected chi connectivity index (χ3v) is 9.41. The summed E-state index contributed by atoms with van der Waals surface area (Å²) < 4.78 is 18.6. The number of carbonyl (C=O) groups is 1. The summed E-state index contributed by atoms with van der Waals surface area (Å²) in [5.41, 5.74) is 0.953. The third kappa shape index (κ3) is 5.55. The van der Waals surface area contributed by atoms with Crippen LogP contribution in [0.25, 0.3) is 0 Å². The van der Waals surface area contributed by atoms with E-state index in [1.165, 1.54) is 12.5 Å². The van der Waals surface area contributed by atoms with Crippen LogP contribution in [0.1, 0.15) is 87.5 Å². The van der Waals surface area contributed by atoms with Crippen molar-refractivity contribution in [2.24, 2.45) is 35.0 Å². The van der Waals surface area contributed by atoms with Gasteiger partial charge in [-0.2, -0.15) is 0 Å². The van der Waals surface area contributed by atoms with Crippen LogP contribution in [-0.4, -0.2) is 53.0 Å². The Balaban J connectivity index is 1.82. The number of carbonyl (C=O) groups excluding carboxylic acids is 1. The molecule has 3 aliphatic rings. The number of hydrogen-bond donors (Lipinski definition) is 2. The molecule has 0 saturated heterocycles. The van der Waals surface area contributed by atoms with Crippen LogP contribution in [-0.2, 0) is 19.0 Å². The zero-order valence-corrected chi connectivity index (χ0v) is 22.5. The van der Waals surface area contributed by atoms with E-state index in [0.717, 1.165) is 43.1 Å². The number of aliphatic hydroxyl groups is 2. The van der Waals surface area contributed by atoms with Gasteiger partial charge in [-0.1, -0.05) is 39.7 Å². The smallest absolute Gasteiger partial charge is 0.331 e. The molecule has 3 aliphatic carbocycles. The van der Waals surface area contributed by atoms with Gasteiger partial charge in [-0.3, -0.25) is 0 Å². The molecule has 0 bridgehead atoms. The van der Waals surface area contributed by atoms with Crippen molar-refractivity contribution in [2.45, 2.75) is 118 Å². The van der Waals surface area contributed by atoms with Crippen molar-refractivity contribution >= 4 is 5.97 Å². The van der Waals surface area contributed by atoms with E-state index in [1.54, 1.807) is 13.8 Å². The van der Waals surface area contributed by atoms with E-state index < -0.39 is 42.8 Å². The molecule has 34 heavy (non-hydrogen) atoms. The van der Waals surface area contributed by atoms with Gasteiger partial charge in [0.25, 0.3) is 0 Å². The highest BCUT2D eigenvalue weighted by molar-refractivity contribution is 5.82. The van der Waals surface area contributed by atoms with Crippen LogP contribution in [0, 0.1) is 35.0 Å². The number of allylic oxidation sites excluding steroid dienone is 1. The summed E-state index contributed by atoms with van der Waals surface area (Å²) in [4.78, 5) is 12.5. The average molecular weight is 481 g/mol. The molecule has 3 rings (SSSR count). The third-order valence-electron chi connectivity index (χ3n) is 9.41. The van der Waals surface area contributed by atoms with Gasteiger partial charge in [-0.15, -0.1) is 0 Å². The predicted octanol–water partition coefficient (Wildman–Crippen LogP) is 4.86. The molecule has 2 N–H and O–H groups in total. The highest BCUT2D eigenvalue weighted by atomic mass is 16.7. The van der Waals surface area contributed by atoms with Crippen LogP contribution in [0.3, 0.4) is 0 Å². The molecule has 0 aliphatic heterocycles. The summed E-state index contributed by atoms with van der Waals surface area (Å²) in [7, 11) is 0. The molecule has 0 aromatic heterocycles. The standard InChI is InChI=1S/C28H48O6/c1-9-16(2)14-23(31)32-19(5)26(33-18(4)22(30)15-29)34-28(8)13-12-21-25(27(21,6)7)24-17(3)10-11-20(24)28/h14,17-22,24-26,29-30H,9-13,15H2,1-8H3/b16-14+. The van der Waals surface area contributed by atoms with Crippen molar-refractivity contribution < 1.29 is 29.2 Å². The molecule has 0 aromatic carbocycles. The molecule has 3 fully saturated rings. The summed E-state index contributed by atoms with van der Waals surface area (Å²) in [6.07, 6.45) is 3.51. The van der Waals surface area contributed by atoms with Gasteiger partial charge in [0, 0.05) is 6.08 Å². The Hall–Kier alpha value is -0.950. The Labute approximate surface area is 206 Å². The van der Waals surface area contributed by atoms with E-state index in [2.05, 4.69) is 27.7 Å². The molecular formula is C28H48O6. The van der Waals surface area contributed by atoms with Gasteiger partial charge >= 0.3 is 5.97 Å². The minimum Gasteiger partial charge on any atom is -0.454 e. The summed E-state index contributed by atoms with van der Waals surface area (Å²) >= 11 is 0. The normalized spacial score (nSPS) is 38.2. The van der Waals surface area contributed by atoms with Gasteiger partial charge < -0.3 is 24.4 Å². The molecule has 0 aromatic rings. The first kappa shape index (κ1) is 27.6. The highest BCUT2D eigenvalue weighted by Crippen LogP contribution is 2.71. The molecule has 0 heterocycles. The fourth-order valence-electron chi connectivity index (χ4n) is 6.94. The lowest BCUT2D eigenvalue weighted by molar-refractivity contribution is -0.282. The minimum atomic E-state index is -1.04. The zero-order valence-electron chi connectivity index (χ0n) is 22.5. The maximum absolute atomic E-state index is 12.5. The second-order valence-electron chi connectivity index (χ2n) is 12.1. The van der Waals surface area contributed by atoms with Gasteiger partial charge in [0.05, 0.1) is 18.3 Å². The van der Waals surface area contributed by atoms with Gasteiger partial charge in [0.15, 0.2) is 12.4 Å². The largest absolute Gasteiger partial charge is 0.454 e. The number of ether oxygens (including phenoxy) is 3. The number of rotatable bonds is 10. The first-order valence-electron chi connectivity index (χ1n) is 13.4. The maximum Gasteiger partial charge on any atom is 0.331 e. The highest BCUT2D eigenvalue weighted by Gasteiger charge is 2.67. The number of fused-ring (bicyclic) bond motifs is 3. The number of aliphatic hydroxyl groups excluding tert-OH is 2. The van der Waals surface area contributed by atoms with Crippen molar-refractivity contribution in [3.8, 4) is 0 Å². The van der Waals surface area contributed by atoms with Crippen molar-refractivity contribution in [1.82, 2.24) is 0 Å². The molecule has 0 radical (unpaired) electrons. The van der Waals surface area contributed by atoms with Gasteiger partial charge in [0.2, 0.25) is 0 Å². The first-order chi connectivity index (χ1) is 15.9. The fourth-order valence-corrected chi connectivity index (χ4v) is 6.94. The lowest BCUT2D eigenvalue weighted by Crippen LogP contribution is -2.49. The van der Waals surface area contributed by atoms with Crippen molar-refractivity contribution in [1.29, 1.82) is 0 Å². The number of hydrogen-bond acceptors (Lipinski definition) is 6. The second-order valence-corrected chi connectivity index (χ2v) is 12.1. The molecule has 196 valence electrons.